The summed E-state index contributed by atoms with van der Waals surface area (Å²) >= 11 is 4.01. The maximum absolute atomic E-state index is 5.04. The second-order valence-electron chi connectivity index (χ2n) is 6.82. The Morgan fingerprint density at radius 2 is 2.20 bits per heavy atom. The van der Waals surface area contributed by atoms with E-state index in [2.05, 4.69) is 49.9 Å². The Morgan fingerprint density at radius 1 is 1.40 bits per heavy atom. The van der Waals surface area contributed by atoms with E-state index < -0.39 is 0 Å². The Labute approximate surface area is 130 Å². The molecule has 2 atom stereocenters. The van der Waals surface area contributed by atoms with Gasteiger partial charge in [-0.05, 0) is 32.4 Å². The molecule has 1 aromatic rings. The molecule has 5 heteroatoms. The van der Waals surface area contributed by atoms with Gasteiger partial charge in [0.2, 0.25) is 0 Å². The zero-order chi connectivity index (χ0) is 14.3. The van der Waals surface area contributed by atoms with Crippen molar-refractivity contribution in [2.75, 3.05) is 32.1 Å². The Bertz CT molecular complexity index is 483. The first-order valence-corrected chi connectivity index (χ1v) is 9.42. The molecular formula is C15H25N3S2. The van der Waals surface area contributed by atoms with E-state index in [1.165, 1.54) is 40.0 Å². The molecule has 112 valence electrons. The lowest BCUT2D eigenvalue weighted by Gasteiger charge is -2.34. The third-order valence-corrected chi connectivity index (χ3v) is 6.83. The Balaban J connectivity index is 1.91. The van der Waals surface area contributed by atoms with Gasteiger partial charge in [0.1, 0.15) is 5.01 Å². The lowest BCUT2D eigenvalue weighted by atomic mass is 9.76. The first-order chi connectivity index (χ1) is 9.50. The van der Waals surface area contributed by atoms with Crippen LogP contribution in [0.3, 0.4) is 0 Å². The maximum Gasteiger partial charge on any atom is 0.111 e. The molecule has 1 saturated heterocycles. The molecule has 20 heavy (non-hydrogen) atoms. The van der Waals surface area contributed by atoms with Crippen molar-refractivity contribution in [1.29, 1.82) is 0 Å². The summed E-state index contributed by atoms with van der Waals surface area (Å²) in [5.41, 5.74) is 1.71. The van der Waals surface area contributed by atoms with E-state index in [4.69, 9.17) is 4.98 Å². The predicted octanol–water partition coefficient (Wildman–Crippen LogP) is 3.10. The number of hydrogen-bond acceptors (Lipinski definition) is 5. The lowest BCUT2D eigenvalue weighted by molar-refractivity contribution is 0.261. The second kappa shape index (κ2) is 5.59. The van der Waals surface area contributed by atoms with Crippen LogP contribution in [0.4, 0.5) is 0 Å². The summed E-state index contributed by atoms with van der Waals surface area (Å²) in [5, 5.41) is 4.83. The molecule has 0 saturated carbocycles. The largest absolute Gasteiger partial charge is 0.312 e. The normalized spacial score (nSPS) is 30.2. The zero-order valence-electron chi connectivity index (χ0n) is 12.9. The number of aromatic nitrogens is 1. The fourth-order valence-corrected chi connectivity index (χ4v) is 5.96. The standard InChI is InChI=1S/C15H25N3S2/c1-15(2)7-10(16-3)13-11(8-15)17-14(20-13)12-9-19-6-5-18(12)4/h10,12,16H,5-9H2,1-4H3. The van der Waals surface area contributed by atoms with Gasteiger partial charge in [-0.3, -0.25) is 4.90 Å². The van der Waals surface area contributed by atoms with E-state index in [0.717, 1.165) is 6.42 Å². The fraction of sp³-hybridized carbons (Fsp3) is 0.800. The topological polar surface area (TPSA) is 28.2 Å². The molecule has 0 amide bonds. The number of thiazole rings is 1. The molecular weight excluding hydrogens is 286 g/mol. The van der Waals surface area contributed by atoms with Crippen molar-refractivity contribution in [2.45, 2.75) is 38.8 Å². The third kappa shape index (κ3) is 2.78. The van der Waals surface area contributed by atoms with Crippen LogP contribution < -0.4 is 5.32 Å². The van der Waals surface area contributed by atoms with Crippen LogP contribution in [0.5, 0.6) is 0 Å². The molecule has 3 nitrogen and oxygen atoms in total. The van der Waals surface area contributed by atoms with Gasteiger partial charge in [0.15, 0.2) is 0 Å². The second-order valence-corrected chi connectivity index (χ2v) is 9.03. The average molecular weight is 312 g/mol. The molecule has 1 aliphatic carbocycles. The van der Waals surface area contributed by atoms with Crippen LogP contribution in [0.2, 0.25) is 0 Å². The smallest absolute Gasteiger partial charge is 0.111 e. The highest BCUT2D eigenvalue weighted by Gasteiger charge is 2.36. The molecule has 2 heterocycles. The van der Waals surface area contributed by atoms with Crippen LogP contribution in [0.25, 0.3) is 0 Å². The molecule has 1 fully saturated rings. The van der Waals surface area contributed by atoms with E-state index in [9.17, 15) is 0 Å². The van der Waals surface area contributed by atoms with Gasteiger partial charge in [0.05, 0.1) is 11.7 Å². The average Bonchev–Trinajstić information content (AvgIpc) is 2.80. The molecule has 3 rings (SSSR count). The maximum atomic E-state index is 5.04. The van der Waals surface area contributed by atoms with Gasteiger partial charge < -0.3 is 5.32 Å². The summed E-state index contributed by atoms with van der Waals surface area (Å²) in [4.78, 5) is 9.01. The monoisotopic (exact) mass is 311 g/mol. The lowest BCUT2D eigenvalue weighted by Crippen LogP contribution is -2.32. The summed E-state index contributed by atoms with van der Waals surface area (Å²) in [6.07, 6.45) is 2.34. The molecule has 0 spiro atoms. The van der Waals surface area contributed by atoms with E-state index in [1.807, 2.05) is 11.3 Å². The molecule has 1 aromatic heterocycles. The highest BCUT2D eigenvalue weighted by Crippen LogP contribution is 2.44. The Hall–Kier alpha value is -0.100. The minimum absolute atomic E-state index is 0.360. The molecule has 2 aliphatic rings. The van der Waals surface area contributed by atoms with Gasteiger partial charge >= 0.3 is 0 Å². The van der Waals surface area contributed by atoms with E-state index in [1.54, 1.807) is 0 Å². The quantitative estimate of drug-likeness (QED) is 0.908. The highest BCUT2D eigenvalue weighted by molar-refractivity contribution is 7.99. The van der Waals surface area contributed by atoms with Crippen LogP contribution in [0.15, 0.2) is 0 Å². The van der Waals surface area contributed by atoms with Gasteiger partial charge in [-0.15, -0.1) is 11.3 Å². The predicted molar refractivity (Wildman–Crippen MR) is 88.7 cm³/mol. The number of nitrogens with one attached hydrogen (secondary N) is 1. The van der Waals surface area contributed by atoms with Crippen molar-refractivity contribution in [2.24, 2.45) is 5.41 Å². The minimum Gasteiger partial charge on any atom is -0.312 e. The molecule has 0 aromatic carbocycles. The van der Waals surface area contributed by atoms with Gasteiger partial charge in [0, 0.05) is 29.0 Å². The SMILES string of the molecule is CNC1CC(C)(C)Cc2nc(C3CSCCN3C)sc21. The van der Waals surface area contributed by atoms with Crippen LogP contribution >= 0.6 is 23.1 Å². The van der Waals surface area contributed by atoms with Crippen molar-refractivity contribution in [3.05, 3.63) is 15.6 Å². The summed E-state index contributed by atoms with van der Waals surface area (Å²) in [7, 11) is 4.32. The van der Waals surface area contributed by atoms with Gasteiger partial charge in [-0.1, -0.05) is 13.8 Å². The molecule has 2 unspecified atom stereocenters. The summed E-state index contributed by atoms with van der Waals surface area (Å²) < 4.78 is 0. The van der Waals surface area contributed by atoms with Crippen LogP contribution in [-0.2, 0) is 6.42 Å². The number of thioether (sulfide) groups is 1. The Morgan fingerprint density at radius 3 is 2.90 bits per heavy atom. The number of rotatable bonds is 2. The van der Waals surface area contributed by atoms with Crippen molar-refractivity contribution >= 4 is 23.1 Å². The summed E-state index contributed by atoms with van der Waals surface area (Å²) in [6, 6.07) is 1.01. The van der Waals surface area contributed by atoms with E-state index in [0.29, 0.717) is 17.5 Å². The number of fused-ring (bicyclic) bond motifs is 1. The number of hydrogen-bond donors (Lipinski definition) is 1. The van der Waals surface area contributed by atoms with Gasteiger partial charge in [-0.25, -0.2) is 4.98 Å². The third-order valence-electron chi connectivity index (χ3n) is 4.49. The van der Waals surface area contributed by atoms with Crippen LogP contribution in [0.1, 0.15) is 47.9 Å². The Kier molecular flexibility index (Phi) is 4.15. The molecule has 1 N–H and O–H groups in total. The first kappa shape index (κ1) is 14.8. The minimum atomic E-state index is 0.360. The van der Waals surface area contributed by atoms with Crippen molar-refractivity contribution in [3.8, 4) is 0 Å². The van der Waals surface area contributed by atoms with Crippen molar-refractivity contribution in [3.63, 3.8) is 0 Å². The molecule has 0 radical (unpaired) electrons. The molecule has 0 bridgehead atoms. The fourth-order valence-electron chi connectivity index (χ4n) is 3.27. The van der Waals surface area contributed by atoms with E-state index in [-0.39, 0.29) is 0 Å². The van der Waals surface area contributed by atoms with Crippen LogP contribution in [0, 0.1) is 5.41 Å². The van der Waals surface area contributed by atoms with Crippen LogP contribution in [-0.4, -0.2) is 42.0 Å². The van der Waals surface area contributed by atoms with Crippen molar-refractivity contribution in [1.82, 2.24) is 15.2 Å². The summed E-state index contributed by atoms with van der Waals surface area (Å²) in [5.74, 6) is 2.45. The molecule has 1 aliphatic heterocycles. The van der Waals surface area contributed by atoms with Gasteiger partial charge in [0.25, 0.3) is 0 Å². The summed E-state index contributed by atoms with van der Waals surface area (Å²) in [6.45, 7) is 5.91. The highest BCUT2D eigenvalue weighted by atomic mass is 32.2. The number of nitrogens with zero attached hydrogens (tertiary/aromatic N) is 2. The first-order valence-electron chi connectivity index (χ1n) is 7.45. The van der Waals surface area contributed by atoms with E-state index >= 15 is 0 Å². The zero-order valence-corrected chi connectivity index (χ0v) is 14.5. The van der Waals surface area contributed by atoms with Gasteiger partial charge in [-0.2, -0.15) is 11.8 Å². The van der Waals surface area contributed by atoms with Crippen molar-refractivity contribution < 1.29 is 0 Å².